The average Bonchev–Trinajstić information content (AvgIpc) is 2.25. The second kappa shape index (κ2) is 6.46. The maximum atomic E-state index is 8.48. The number of nitrogens with one attached hydrogen (secondary N) is 1. The highest BCUT2D eigenvalue weighted by Gasteiger charge is 2.03. The molecule has 0 saturated carbocycles. The highest BCUT2D eigenvalue weighted by molar-refractivity contribution is 9.10. The van der Waals surface area contributed by atoms with Gasteiger partial charge in [-0.3, -0.25) is 0 Å². The van der Waals surface area contributed by atoms with Gasteiger partial charge in [-0.05, 0) is 30.4 Å². The Morgan fingerprint density at radius 1 is 1.62 bits per heavy atom. The van der Waals surface area contributed by atoms with Gasteiger partial charge in [0.05, 0.1) is 12.5 Å². The van der Waals surface area contributed by atoms with E-state index in [4.69, 9.17) is 17.5 Å². The third-order valence-electron chi connectivity index (χ3n) is 1.98. The minimum absolute atomic E-state index is 0.469. The fraction of sp³-hybridized carbons (Fsp3) is 0.273. The maximum Gasteiger partial charge on any atom is 0.173 e. The Balaban J connectivity index is 2.54. The molecular weight excluding hydrogens is 286 g/mol. The van der Waals surface area contributed by atoms with Crippen LogP contribution in [0.4, 0.5) is 5.69 Å². The van der Waals surface area contributed by atoms with Crippen LogP contribution in [0.5, 0.6) is 0 Å². The van der Waals surface area contributed by atoms with Crippen molar-refractivity contribution >= 4 is 38.9 Å². The molecule has 1 rings (SSSR count). The second-order valence-corrected chi connectivity index (χ2v) is 4.57. The van der Waals surface area contributed by atoms with Gasteiger partial charge < -0.3 is 10.2 Å². The monoisotopic (exact) mass is 297 g/mol. The number of hydrogen-bond acceptors (Lipinski definition) is 2. The lowest BCUT2D eigenvalue weighted by Gasteiger charge is -2.19. The molecule has 0 unspecified atom stereocenters. The molecule has 0 atom stereocenters. The number of hydrogen-bond donors (Lipinski definition) is 1. The van der Waals surface area contributed by atoms with Gasteiger partial charge >= 0.3 is 0 Å². The number of rotatable bonds is 3. The molecule has 1 N–H and O–H groups in total. The van der Waals surface area contributed by atoms with E-state index in [0.29, 0.717) is 18.1 Å². The van der Waals surface area contributed by atoms with Gasteiger partial charge in [0.1, 0.15) is 0 Å². The van der Waals surface area contributed by atoms with Crippen LogP contribution >= 0.6 is 28.1 Å². The van der Waals surface area contributed by atoms with E-state index in [0.717, 1.165) is 10.2 Å². The summed E-state index contributed by atoms with van der Waals surface area (Å²) in [7, 11) is 1.87. The van der Waals surface area contributed by atoms with Gasteiger partial charge in [0.15, 0.2) is 5.11 Å². The fourth-order valence-electron chi connectivity index (χ4n) is 1.10. The van der Waals surface area contributed by atoms with Crippen LogP contribution < -0.4 is 5.32 Å². The van der Waals surface area contributed by atoms with E-state index in [-0.39, 0.29) is 0 Å². The summed E-state index contributed by atoms with van der Waals surface area (Å²) in [5, 5.41) is 12.2. The average molecular weight is 298 g/mol. The van der Waals surface area contributed by atoms with Crippen molar-refractivity contribution in [2.75, 3.05) is 18.9 Å². The van der Waals surface area contributed by atoms with Crippen molar-refractivity contribution in [2.45, 2.75) is 6.42 Å². The summed E-state index contributed by atoms with van der Waals surface area (Å²) in [4.78, 5) is 1.85. The first-order valence-corrected chi connectivity index (χ1v) is 5.98. The number of nitrogens with zero attached hydrogens (tertiary/aromatic N) is 2. The second-order valence-electron chi connectivity index (χ2n) is 3.27. The molecule has 1 aromatic carbocycles. The van der Waals surface area contributed by atoms with Crippen molar-refractivity contribution in [1.82, 2.24) is 4.90 Å². The normalized spacial score (nSPS) is 9.31. The molecule has 0 aliphatic carbocycles. The lowest BCUT2D eigenvalue weighted by molar-refractivity contribution is 0.523. The van der Waals surface area contributed by atoms with Gasteiger partial charge in [0.25, 0.3) is 0 Å². The topological polar surface area (TPSA) is 39.1 Å². The van der Waals surface area contributed by atoms with Crippen molar-refractivity contribution in [2.24, 2.45) is 0 Å². The zero-order valence-corrected chi connectivity index (χ0v) is 11.3. The summed E-state index contributed by atoms with van der Waals surface area (Å²) in [6.07, 6.45) is 0.469. The molecule has 0 saturated heterocycles. The molecule has 0 aromatic heterocycles. The highest BCUT2D eigenvalue weighted by atomic mass is 79.9. The van der Waals surface area contributed by atoms with Gasteiger partial charge in [-0.15, -0.1) is 0 Å². The molecule has 84 valence electrons. The summed E-state index contributed by atoms with van der Waals surface area (Å²) in [5.41, 5.74) is 0.934. The van der Waals surface area contributed by atoms with Crippen molar-refractivity contribution in [1.29, 1.82) is 5.26 Å². The predicted octanol–water partition coefficient (Wildman–Crippen LogP) is 2.99. The van der Waals surface area contributed by atoms with Crippen LogP contribution in [0.15, 0.2) is 28.7 Å². The van der Waals surface area contributed by atoms with Crippen LogP contribution in [-0.4, -0.2) is 23.6 Å². The zero-order valence-electron chi connectivity index (χ0n) is 8.90. The van der Waals surface area contributed by atoms with E-state index in [1.165, 1.54) is 0 Å². The Hall–Kier alpha value is -1.12. The van der Waals surface area contributed by atoms with Crippen LogP contribution in [0.3, 0.4) is 0 Å². The van der Waals surface area contributed by atoms with Gasteiger partial charge in [0.2, 0.25) is 0 Å². The van der Waals surface area contributed by atoms with E-state index >= 15 is 0 Å². The third kappa shape index (κ3) is 4.17. The minimum Gasteiger partial charge on any atom is -0.351 e. The smallest absolute Gasteiger partial charge is 0.173 e. The molecule has 0 aliphatic heterocycles. The largest absolute Gasteiger partial charge is 0.351 e. The van der Waals surface area contributed by atoms with E-state index in [2.05, 4.69) is 27.3 Å². The third-order valence-corrected chi connectivity index (χ3v) is 2.89. The van der Waals surface area contributed by atoms with Gasteiger partial charge in [-0.2, -0.15) is 5.26 Å². The predicted molar refractivity (Wildman–Crippen MR) is 73.2 cm³/mol. The molecule has 0 fully saturated rings. The summed E-state index contributed by atoms with van der Waals surface area (Å²) >= 11 is 8.60. The number of halogens is 1. The lowest BCUT2D eigenvalue weighted by atomic mass is 10.3. The Labute approximate surface area is 109 Å². The lowest BCUT2D eigenvalue weighted by Crippen LogP contribution is -2.31. The molecule has 0 aliphatic rings. The molecule has 0 amide bonds. The molecule has 0 radical (unpaired) electrons. The molecule has 16 heavy (non-hydrogen) atoms. The van der Waals surface area contributed by atoms with E-state index in [1.807, 2.05) is 36.2 Å². The molecule has 0 bridgehead atoms. The number of nitriles is 1. The van der Waals surface area contributed by atoms with E-state index in [1.54, 1.807) is 0 Å². The summed E-state index contributed by atoms with van der Waals surface area (Å²) < 4.78 is 1.000. The van der Waals surface area contributed by atoms with Crippen LogP contribution in [0, 0.1) is 11.3 Å². The molecule has 0 spiro atoms. The van der Waals surface area contributed by atoms with Crippen molar-refractivity contribution < 1.29 is 0 Å². The van der Waals surface area contributed by atoms with Gasteiger partial charge in [-0.1, -0.05) is 22.0 Å². The molecule has 3 nitrogen and oxygen atoms in total. The first-order chi connectivity index (χ1) is 7.63. The summed E-state index contributed by atoms with van der Waals surface area (Å²) in [5.74, 6) is 0. The Kier molecular flexibility index (Phi) is 5.23. The molecule has 0 heterocycles. The van der Waals surface area contributed by atoms with Crippen LogP contribution in [0.2, 0.25) is 0 Å². The highest BCUT2D eigenvalue weighted by Crippen LogP contribution is 2.15. The zero-order chi connectivity index (χ0) is 12.0. The molecule has 1 aromatic rings. The van der Waals surface area contributed by atoms with Gasteiger partial charge in [-0.25, -0.2) is 0 Å². The minimum atomic E-state index is 0.469. The summed E-state index contributed by atoms with van der Waals surface area (Å²) in [6, 6.07) is 9.87. The van der Waals surface area contributed by atoms with Gasteiger partial charge in [0, 0.05) is 23.8 Å². The first kappa shape index (κ1) is 12.9. The Morgan fingerprint density at radius 3 is 3.00 bits per heavy atom. The SMILES string of the molecule is CN(CCC#N)C(=S)Nc1cccc(Br)c1. The quantitative estimate of drug-likeness (QED) is 0.871. The molecular formula is C11H12BrN3S. The van der Waals surface area contributed by atoms with Crippen LogP contribution in [0.1, 0.15) is 6.42 Å². The fourth-order valence-corrected chi connectivity index (χ4v) is 1.71. The standard InChI is InChI=1S/C11H12BrN3S/c1-15(7-3-6-13)11(16)14-10-5-2-4-9(12)8-10/h2,4-5,8H,3,7H2,1H3,(H,14,16). The Bertz CT molecular complexity index is 414. The Morgan fingerprint density at radius 2 is 2.38 bits per heavy atom. The first-order valence-electron chi connectivity index (χ1n) is 4.78. The van der Waals surface area contributed by atoms with E-state index < -0.39 is 0 Å². The summed E-state index contributed by atoms with van der Waals surface area (Å²) in [6.45, 7) is 0.635. The number of anilines is 1. The van der Waals surface area contributed by atoms with Crippen LogP contribution in [-0.2, 0) is 0 Å². The maximum absolute atomic E-state index is 8.48. The van der Waals surface area contributed by atoms with Crippen LogP contribution in [0.25, 0.3) is 0 Å². The molecule has 5 heteroatoms. The van der Waals surface area contributed by atoms with Crippen molar-refractivity contribution in [3.8, 4) is 6.07 Å². The number of benzene rings is 1. The van der Waals surface area contributed by atoms with Crippen molar-refractivity contribution in [3.05, 3.63) is 28.7 Å². The number of thiocarbonyl (C=S) groups is 1. The van der Waals surface area contributed by atoms with E-state index in [9.17, 15) is 0 Å². The van der Waals surface area contributed by atoms with Crippen molar-refractivity contribution in [3.63, 3.8) is 0 Å².